The van der Waals surface area contributed by atoms with Crippen molar-refractivity contribution in [3.63, 3.8) is 0 Å². The average molecular weight is 205 g/mol. The molecule has 0 aliphatic carbocycles. The van der Waals surface area contributed by atoms with Gasteiger partial charge in [0.15, 0.2) is 5.78 Å². The lowest BCUT2D eigenvalue weighted by atomic mass is 9.96. The Morgan fingerprint density at radius 2 is 1.80 bits per heavy atom. The summed E-state index contributed by atoms with van der Waals surface area (Å²) in [6, 6.07) is 8.67. The topological polar surface area (TPSA) is 63.3 Å². The van der Waals surface area contributed by atoms with Crippen molar-refractivity contribution in [2.24, 2.45) is 5.73 Å². The van der Waals surface area contributed by atoms with E-state index in [1.165, 1.54) is 13.8 Å². The van der Waals surface area contributed by atoms with Crippen LogP contribution >= 0.6 is 0 Å². The highest BCUT2D eigenvalue weighted by molar-refractivity contribution is 5.95. The lowest BCUT2D eigenvalue weighted by Crippen LogP contribution is -2.19. The van der Waals surface area contributed by atoms with Crippen molar-refractivity contribution < 1.29 is 9.90 Å². The highest BCUT2D eigenvalue weighted by Crippen LogP contribution is 2.21. The Balaban J connectivity index is 3.08. The molecule has 3 nitrogen and oxygen atoms in total. The lowest BCUT2D eigenvalue weighted by molar-refractivity contribution is -0.114. The van der Waals surface area contributed by atoms with Gasteiger partial charge in [-0.05, 0) is 19.4 Å². The molecule has 0 spiro atoms. The molecule has 0 saturated carbocycles. The van der Waals surface area contributed by atoms with Crippen LogP contribution in [0.25, 0.3) is 0 Å². The van der Waals surface area contributed by atoms with Gasteiger partial charge in [-0.2, -0.15) is 0 Å². The van der Waals surface area contributed by atoms with Crippen LogP contribution in [0.4, 0.5) is 0 Å². The minimum Gasteiger partial charge on any atom is -0.512 e. The fraction of sp³-hybridized carbons (Fsp3) is 0.250. The van der Waals surface area contributed by atoms with Gasteiger partial charge in [0.05, 0.1) is 17.4 Å². The maximum absolute atomic E-state index is 11.3. The molecule has 1 aromatic carbocycles. The third-order valence-electron chi connectivity index (χ3n) is 2.24. The second-order valence-electron chi connectivity index (χ2n) is 3.44. The summed E-state index contributed by atoms with van der Waals surface area (Å²) in [6.07, 6.45) is 0. The Morgan fingerprint density at radius 1 is 1.27 bits per heavy atom. The fourth-order valence-corrected chi connectivity index (χ4v) is 1.53. The number of aliphatic hydroxyl groups is 1. The van der Waals surface area contributed by atoms with Gasteiger partial charge in [-0.1, -0.05) is 30.3 Å². The summed E-state index contributed by atoms with van der Waals surface area (Å²) in [7, 11) is 0. The molecule has 0 saturated heterocycles. The second-order valence-corrected chi connectivity index (χ2v) is 3.44. The molecule has 0 amide bonds. The van der Waals surface area contributed by atoms with Crippen molar-refractivity contribution in [2.75, 3.05) is 0 Å². The van der Waals surface area contributed by atoms with E-state index in [2.05, 4.69) is 0 Å². The second kappa shape index (κ2) is 4.75. The number of allylic oxidation sites excluding steroid dienone is 1. The third kappa shape index (κ3) is 2.67. The van der Waals surface area contributed by atoms with Gasteiger partial charge in [-0.15, -0.1) is 0 Å². The van der Waals surface area contributed by atoms with Crippen molar-refractivity contribution >= 4 is 5.78 Å². The SMILES string of the molecule is CC(=O)/C(=C(\C)O)C(N)c1ccccc1. The van der Waals surface area contributed by atoms with E-state index < -0.39 is 6.04 Å². The maximum Gasteiger partial charge on any atom is 0.161 e. The average Bonchev–Trinajstić information content (AvgIpc) is 2.18. The van der Waals surface area contributed by atoms with Crippen LogP contribution in [0.3, 0.4) is 0 Å². The zero-order valence-electron chi connectivity index (χ0n) is 8.90. The Kier molecular flexibility index (Phi) is 3.63. The smallest absolute Gasteiger partial charge is 0.161 e. The van der Waals surface area contributed by atoms with E-state index in [9.17, 15) is 9.90 Å². The first-order valence-electron chi connectivity index (χ1n) is 4.75. The summed E-state index contributed by atoms with van der Waals surface area (Å²) >= 11 is 0. The molecule has 0 radical (unpaired) electrons. The molecule has 3 N–H and O–H groups in total. The number of ketones is 1. The summed E-state index contributed by atoms with van der Waals surface area (Å²) in [6.45, 7) is 2.87. The quantitative estimate of drug-likeness (QED) is 0.586. The molecule has 0 heterocycles. The highest BCUT2D eigenvalue weighted by Gasteiger charge is 2.18. The van der Waals surface area contributed by atoms with Crippen LogP contribution < -0.4 is 5.73 Å². The predicted molar refractivity (Wildman–Crippen MR) is 59.4 cm³/mol. The number of nitrogens with two attached hydrogens (primary N) is 1. The molecule has 1 atom stereocenters. The minimum absolute atomic E-state index is 0.0150. The van der Waals surface area contributed by atoms with Gasteiger partial charge in [0.2, 0.25) is 0 Å². The Hall–Kier alpha value is -1.61. The molecule has 1 rings (SSSR count). The molecule has 0 aliphatic rings. The van der Waals surface area contributed by atoms with Crippen molar-refractivity contribution in [3.8, 4) is 0 Å². The van der Waals surface area contributed by atoms with Gasteiger partial charge in [0, 0.05) is 0 Å². The van der Waals surface area contributed by atoms with E-state index in [1.807, 2.05) is 30.3 Å². The van der Waals surface area contributed by atoms with Crippen molar-refractivity contribution in [2.45, 2.75) is 19.9 Å². The predicted octanol–water partition coefficient (Wildman–Crippen LogP) is 2.11. The van der Waals surface area contributed by atoms with E-state index in [4.69, 9.17) is 5.73 Å². The largest absolute Gasteiger partial charge is 0.512 e. The monoisotopic (exact) mass is 205 g/mol. The molecule has 15 heavy (non-hydrogen) atoms. The van der Waals surface area contributed by atoms with Crippen LogP contribution in [-0.2, 0) is 4.79 Å². The molecule has 3 heteroatoms. The van der Waals surface area contributed by atoms with Crippen LogP contribution in [0.1, 0.15) is 25.5 Å². The Morgan fingerprint density at radius 3 is 2.20 bits per heavy atom. The van der Waals surface area contributed by atoms with Crippen LogP contribution in [0, 0.1) is 0 Å². The van der Waals surface area contributed by atoms with Crippen molar-refractivity contribution in [3.05, 3.63) is 47.2 Å². The zero-order valence-corrected chi connectivity index (χ0v) is 8.90. The van der Waals surface area contributed by atoms with E-state index in [0.717, 1.165) is 5.56 Å². The van der Waals surface area contributed by atoms with Crippen LogP contribution in [0.2, 0.25) is 0 Å². The van der Waals surface area contributed by atoms with Gasteiger partial charge < -0.3 is 10.8 Å². The van der Waals surface area contributed by atoms with Crippen LogP contribution in [0.5, 0.6) is 0 Å². The number of benzene rings is 1. The van der Waals surface area contributed by atoms with Gasteiger partial charge in [-0.25, -0.2) is 0 Å². The number of Topliss-reactive ketones (excluding diaryl/α,β-unsaturated/α-hetero) is 1. The van der Waals surface area contributed by atoms with E-state index in [0.29, 0.717) is 0 Å². The lowest BCUT2D eigenvalue weighted by Gasteiger charge is -2.14. The Bertz CT molecular complexity index is 378. The number of aliphatic hydroxyl groups excluding tert-OH is 1. The number of hydrogen-bond acceptors (Lipinski definition) is 3. The highest BCUT2D eigenvalue weighted by atomic mass is 16.3. The first kappa shape index (κ1) is 11.5. The molecule has 0 aliphatic heterocycles. The van der Waals surface area contributed by atoms with E-state index in [-0.39, 0.29) is 17.1 Å². The number of rotatable bonds is 3. The fourth-order valence-electron chi connectivity index (χ4n) is 1.53. The molecule has 0 fully saturated rings. The maximum atomic E-state index is 11.3. The normalized spacial score (nSPS) is 14.3. The first-order valence-corrected chi connectivity index (χ1v) is 4.75. The summed E-state index contributed by atoms with van der Waals surface area (Å²) < 4.78 is 0. The first-order chi connectivity index (χ1) is 7.04. The molecule has 0 bridgehead atoms. The molecular formula is C12H15NO2. The molecular weight excluding hydrogens is 190 g/mol. The summed E-state index contributed by atoms with van der Waals surface area (Å²) in [5.41, 5.74) is 6.98. The third-order valence-corrected chi connectivity index (χ3v) is 2.24. The number of carbonyl (C=O) groups is 1. The van der Waals surface area contributed by atoms with Gasteiger partial charge in [-0.3, -0.25) is 4.79 Å². The van der Waals surface area contributed by atoms with Gasteiger partial charge in [0.25, 0.3) is 0 Å². The van der Waals surface area contributed by atoms with Gasteiger partial charge >= 0.3 is 0 Å². The van der Waals surface area contributed by atoms with Crippen LogP contribution in [0.15, 0.2) is 41.7 Å². The number of carbonyl (C=O) groups excluding carboxylic acids is 1. The van der Waals surface area contributed by atoms with Crippen molar-refractivity contribution in [1.29, 1.82) is 0 Å². The number of hydrogen-bond donors (Lipinski definition) is 2. The standard InChI is InChI=1S/C12H15NO2/c1-8(14)11(9(2)15)12(13)10-6-4-3-5-7-10/h3-7,12,14H,13H2,1-2H3/b11-8-. The summed E-state index contributed by atoms with van der Waals surface area (Å²) in [5, 5.41) is 9.39. The van der Waals surface area contributed by atoms with Crippen LogP contribution in [-0.4, -0.2) is 10.9 Å². The van der Waals surface area contributed by atoms with Crippen molar-refractivity contribution in [1.82, 2.24) is 0 Å². The van der Waals surface area contributed by atoms with Gasteiger partial charge in [0.1, 0.15) is 0 Å². The summed E-state index contributed by atoms with van der Waals surface area (Å²) in [5.74, 6) is -0.217. The van der Waals surface area contributed by atoms with E-state index in [1.54, 1.807) is 0 Å². The Labute approximate surface area is 89.2 Å². The van der Waals surface area contributed by atoms with E-state index >= 15 is 0 Å². The molecule has 0 aromatic heterocycles. The minimum atomic E-state index is -0.561. The molecule has 1 aromatic rings. The zero-order chi connectivity index (χ0) is 11.4. The summed E-state index contributed by atoms with van der Waals surface area (Å²) in [4.78, 5) is 11.3. The molecule has 80 valence electrons. The molecule has 1 unspecified atom stereocenters.